The van der Waals surface area contributed by atoms with Gasteiger partial charge in [0, 0.05) is 18.1 Å². The fourth-order valence-corrected chi connectivity index (χ4v) is 3.18. The largest absolute Gasteiger partial charge is 0.484 e. The van der Waals surface area contributed by atoms with Gasteiger partial charge in [0.25, 0.3) is 5.91 Å². The molecule has 6 heteroatoms. The number of nitrogens with one attached hydrogen (secondary N) is 1. The van der Waals surface area contributed by atoms with Gasteiger partial charge < -0.3 is 15.0 Å². The topological polar surface area (TPSA) is 58.6 Å². The molecule has 0 unspecified atom stereocenters. The van der Waals surface area contributed by atoms with Gasteiger partial charge in [0.05, 0.1) is 0 Å². The van der Waals surface area contributed by atoms with Crippen molar-refractivity contribution in [2.45, 2.75) is 53.1 Å². The van der Waals surface area contributed by atoms with E-state index in [1.165, 1.54) is 0 Å². The Kier molecular flexibility index (Phi) is 9.18. The van der Waals surface area contributed by atoms with E-state index in [1.807, 2.05) is 38.1 Å². The highest BCUT2D eigenvalue weighted by molar-refractivity contribution is 6.31. The van der Waals surface area contributed by atoms with E-state index in [1.54, 1.807) is 30.0 Å². The number of aryl methyl sites for hydroxylation is 2. The highest BCUT2D eigenvalue weighted by Gasteiger charge is 2.26. The van der Waals surface area contributed by atoms with Crippen LogP contribution in [0.25, 0.3) is 0 Å². The van der Waals surface area contributed by atoms with E-state index in [0.717, 1.165) is 29.5 Å². The first-order valence-electron chi connectivity index (χ1n) is 10.3. The molecular weight excluding hydrogens is 400 g/mol. The Morgan fingerprint density at radius 3 is 2.60 bits per heavy atom. The maximum absolute atomic E-state index is 13.0. The Morgan fingerprint density at radius 1 is 1.17 bits per heavy atom. The van der Waals surface area contributed by atoms with E-state index < -0.39 is 6.04 Å². The lowest BCUT2D eigenvalue weighted by molar-refractivity contribution is -0.142. The van der Waals surface area contributed by atoms with E-state index in [2.05, 4.69) is 12.2 Å². The zero-order valence-corrected chi connectivity index (χ0v) is 19.0. The fourth-order valence-electron chi connectivity index (χ4n) is 3.06. The summed E-state index contributed by atoms with van der Waals surface area (Å²) in [5.74, 6) is 0.162. The van der Waals surface area contributed by atoms with Crippen molar-refractivity contribution in [2.24, 2.45) is 0 Å². The second kappa shape index (κ2) is 11.6. The number of hydrogen-bond acceptors (Lipinski definition) is 3. The van der Waals surface area contributed by atoms with Gasteiger partial charge in [0.1, 0.15) is 11.8 Å². The number of carbonyl (C=O) groups is 2. The van der Waals surface area contributed by atoms with Crippen molar-refractivity contribution in [2.75, 3.05) is 13.2 Å². The second-order valence-electron chi connectivity index (χ2n) is 7.53. The average molecular weight is 431 g/mol. The molecule has 0 radical (unpaired) electrons. The van der Waals surface area contributed by atoms with E-state index in [4.69, 9.17) is 16.3 Å². The molecule has 0 saturated carbocycles. The van der Waals surface area contributed by atoms with Crippen molar-refractivity contribution in [3.05, 3.63) is 64.2 Å². The summed E-state index contributed by atoms with van der Waals surface area (Å²) in [7, 11) is 0. The number of carbonyl (C=O) groups excluding carboxylic acids is 2. The van der Waals surface area contributed by atoms with E-state index in [0.29, 0.717) is 23.9 Å². The lowest BCUT2D eigenvalue weighted by Crippen LogP contribution is -2.49. The molecule has 0 spiro atoms. The SMILES string of the molecule is CCCCNC(=O)[C@H](C)N(Cc1cccc(C)c1)C(=O)COc1ccc(Cl)c(C)c1. The minimum Gasteiger partial charge on any atom is -0.484 e. The lowest BCUT2D eigenvalue weighted by Gasteiger charge is -2.29. The highest BCUT2D eigenvalue weighted by Crippen LogP contribution is 2.21. The summed E-state index contributed by atoms with van der Waals surface area (Å²) < 4.78 is 5.69. The quantitative estimate of drug-likeness (QED) is 0.557. The summed E-state index contributed by atoms with van der Waals surface area (Å²) in [5.41, 5.74) is 2.95. The molecule has 1 atom stereocenters. The molecule has 0 heterocycles. The second-order valence-corrected chi connectivity index (χ2v) is 7.94. The van der Waals surface area contributed by atoms with Crippen LogP contribution in [0.15, 0.2) is 42.5 Å². The molecule has 1 N–H and O–H groups in total. The van der Waals surface area contributed by atoms with Crippen LogP contribution in [0.2, 0.25) is 5.02 Å². The van der Waals surface area contributed by atoms with E-state index >= 15 is 0 Å². The van der Waals surface area contributed by atoms with Gasteiger partial charge in [-0.15, -0.1) is 0 Å². The molecule has 30 heavy (non-hydrogen) atoms. The number of ether oxygens (including phenoxy) is 1. The summed E-state index contributed by atoms with van der Waals surface area (Å²) in [5, 5.41) is 3.56. The predicted molar refractivity (Wildman–Crippen MR) is 121 cm³/mol. The number of halogens is 1. The normalized spacial score (nSPS) is 11.6. The molecule has 2 aromatic rings. The molecule has 0 aliphatic carbocycles. The Labute approximate surface area is 184 Å². The Bertz CT molecular complexity index is 869. The molecule has 0 bridgehead atoms. The average Bonchev–Trinajstić information content (AvgIpc) is 2.72. The summed E-state index contributed by atoms with van der Waals surface area (Å²) in [6.07, 6.45) is 1.90. The van der Waals surface area contributed by atoms with Crippen molar-refractivity contribution in [1.82, 2.24) is 10.2 Å². The molecule has 2 rings (SSSR count). The minimum absolute atomic E-state index is 0.153. The first-order chi connectivity index (χ1) is 14.3. The molecule has 0 aliphatic rings. The van der Waals surface area contributed by atoms with Crippen molar-refractivity contribution in [3.63, 3.8) is 0 Å². The fraction of sp³-hybridized carbons (Fsp3) is 0.417. The van der Waals surface area contributed by atoms with Crippen LogP contribution < -0.4 is 10.1 Å². The molecule has 2 aromatic carbocycles. The lowest BCUT2D eigenvalue weighted by atomic mass is 10.1. The van der Waals surface area contributed by atoms with Crippen LogP contribution in [-0.4, -0.2) is 35.9 Å². The van der Waals surface area contributed by atoms with Gasteiger partial charge in [-0.25, -0.2) is 0 Å². The summed E-state index contributed by atoms with van der Waals surface area (Å²) in [6.45, 7) is 8.49. The highest BCUT2D eigenvalue weighted by atomic mass is 35.5. The number of amides is 2. The predicted octanol–water partition coefficient (Wildman–Crippen LogP) is 4.67. The number of nitrogens with zero attached hydrogens (tertiary/aromatic N) is 1. The molecule has 0 saturated heterocycles. The number of rotatable bonds is 10. The van der Waals surface area contributed by atoms with Crippen molar-refractivity contribution >= 4 is 23.4 Å². The van der Waals surface area contributed by atoms with Gasteiger partial charge >= 0.3 is 0 Å². The zero-order chi connectivity index (χ0) is 22.1. The van der Waals surface area contributed by atoms with E-state index in [9.17, 15) is 9.59 Å². The van der Waals surface area contributed by atoms with Gasteiger partial charge in [-0.3, -0.25) is 9.59 Å². The molecular formula is C24H31ClN2O3. The first-order valence-corrected chi connectivity index (χ1v) is 10.7. The van der Waals surface area contributed by atoms with Crippen LogP contribution in [0.5, 0.6) is 5.75 Å². The monoisotopic (exact) mass is 430 g/mol. The number of hydrogen-bond donors (Lipinski definition) is 1. The van der Waals surface area contributed by atoms with Crippen molar-refractivity contribution < 1.29 is 14.3 Å². The van der Waals surface area contributed by atoms with Crippen LogP contribution in [0, 0.1) is 13.8 Å². The number of unbranched alkanes of at least 4 members (excludes halogenated alkanes) is 1. The third kappa shape index (κ3) is 7.06. The van der Waals surface area contributed by atoms with Gasteiger partial charge in [0.15, 0.2) is 6.61 Å². The summed E-state index contributed by atoms with van der Waals surface area (Å²) in [4.78, 5) is 27.2. The molecule has 5 nitrogen and oxygen atoms in total. The van der Waals surface area contributed by atoms with Gasteiger partial charge in [0.2, 0.25) is 5.91 Å². The van der Waals surface area contributed by atoms with E-state index in [-0.39, 0.29) is 18.4 Å². The third-order valence-corrected chi connectivity index (χ3v) is 5.35. The Hall–Kier alpha value is -2.53. The van der Waals surface area contributed by atoms with Gasteiger partial charge in [-0.1, -0.05) is 54.8 Å². The zero-order valence-electron chi connectivity index (χ0n) is 18.2. The van der Waals surface area contributed by atoms with Crippen molar-refractivity contribution in [3.8, 4) is 5.75 Å². The van der Waals surface area contributed by atoms with Gasteiger partial charge in [-0.05, 0) is 56.5 Å². The molecule has 2 amide bonds. The Morgan fingerprint density at radius 2 is 1.93 bits per heavy atom. The molecule has 162 valence electrons. The van der Waals surface area contributed by atoms with Gasteiger partial charge in [-0.2, -0.15) is 0 Å². The minimum atomic E-state index is -0.606. The Balaban J connectivity index is 2.12. The summed E-state index contributed by atoms with van der Waals surface area (Å²) in [6, 6.07) is 12.6. The van der Waals surface area contributed by atoms with Crippen LogP contribution >= 0.6 is 11.6 Å². The van der Waals surface area contributed by atoms with Crippen LogP contribution in [-0.2, 0) is 16.1 Å². The molecule has 0 fully saturated rings. The maximum Gasteiger partial charge on any atom is 0.261 e. The standard InChI is InChI=1S/C24H31ClN2O3/c1-5-6-12-26-24(29)19(4)27(15-20-9-7-8-17(2)13-20)23(28)16-30-21-10-11-22(25)18(3)14-21/h7-11,13-14,19H,5-6,12,15-16H2,1-4H3,(H,26,29)/t19-/m0/s1. The van der Waals surface area contributed by atoms with Crippen molar-refractivity contribution in [1.29, 1.82) is 0 Å². The first kappa shape index (κ1) is 23.7. The number of benzene rings is 2. The van der Waals surface area contributed by atoms with Crippen LogP contribution in [0.1, 0.15) is 43.4 Å². The van der Waals surface area contributed by atoms with Crippen LogP contribution in [0.3, 0.4) is 0 Å². The molecule has 0 aromatic heterocycles. The third-order valence-electron chi connectivity index (χ3n) is 4.92. The molecule has 0 aliphatic heterocycles. The maximum atomic E-state index is 13.0. The smallest absolute Gasteiger partial charge is 0.261 e. The summed E-state index contributed by atoms with van der Waals surface area (Å²) >= 11 is 6.05. The van der Waals surface area contributed by atoms with Crippen LogP contribution in [0.4, 0.5) is 0 Å².